The van der Waals surface area contributed by atoms with Gasteiger partial charge in [-0.3, -0.25) is 0 Å². The van der Waals surface area contributed by atoms with Gasteiger partial charge >= 0.3 is 11.9 Å². The second-order valence-corrected chi connectivity index (χ2v) is 6.69. The van der Waals surface area contributed by atoms with E-state index in [4.69, 9.17) is 14.9 Å². The standard InChI is InChI=1S/C18H20FNO.C4H4O4/c1-20-11-10-18(21-16-9-5-8-15(19)12-16)17(13-20)14-6-3-2-4-7-14;5-3(6)1-2-4(7)8/h2-9,12,17-18H,10-11,13H2,1H3;1-2H,(H,5,6)(H,7,8)/t17-,18+;/m0./s1. The van der Waals surface area contributed by atoms with Crippen molar-refractivity contribution in [1.29, 1.82) is 0 Å². The molecule has 7 heteroatoms. The van der Waals surface area contributed by atoms with Crippen LogP contribution in [0.15, 0.2) is 66.7 Å². The molecule has 1 saturated heterocycles. The topological polar surface area (TPSA) is 87.1 Å². The van der Waals surface area contributed by atoms with E-state index < -0.39 is 11.9 Å². The summed E-state index contributed by atoms with van der Waals surface area (Å²) in [4.78, 5) is 21.4. The van der Waals surface area contributed by atoms with Crippen LogP contribution in [0.3, 0.4) is 0 Å². The van der Waals surface area contributed by atoms with Crippen molar-refractivity contribution >= 4 is 11.9 Å². The molecule has 6 nitrogen and oxygen atoms in total. The average Bonchev–Trinajstić information content (AvgIpc) is 2.69. The van der Waals surface area contributed by atoms with Crippen molar-refractivity contribution in [2.24, 2.45) is 0 Å². The van der Waals surface area contributed by atoms with E-state index in [2.05, 4.69) is 36.2 Å². The van der Waals surface area contributed by atoms with E-state index in [1.807, 2.05) is 12.1 Å². The molecule has 1 aliphatic heterocycles. The molecule has 0 spiro atoms. The first kappa shape index (κ1) is 22.1. The predicted octanol–water partition coefficient (Wildman–Crippen LogP) is 3.40. The van der Waals surface area contributed by atoms with Crippen molar-refractivity contribution in [3.8, 4) is 5.75 Å². The molecule has 2 N–H and O–H groups in total. The van der Waals surface area contributed by atoms with E-state index in [-0.39, 0.29) is 11.9 Å². The summed E-state index contributed by atoms with van der Waals surface area (Å²) in [6.45, 7) is 1.97. The Bertz CT molecular complexity index is 824. The van der Waals surface area contributed by atoms with Crippen LogP contribution in [0.1, 0.15) is 17.9 Å². The molecule has 2 aromatic rings. The van der Waals surface area contributed by atoms with Gasteiger partial charge in [0.15, 0.2) is 0 Å². The summed E-state index contributed by atoms with van der Waals surface area (Å²) in [5, 5.41) is 15.6. The molecular formula is C22H24FNO5. The fourth-order valence-corrected chi connectivity index (χ4v) is 3.11. The first-order chi connectivity index (χ1) is 13.8. The molecule has 0 saturated carbocycles. The summed E-state index contributed by atoms with van der Waals surface area (Å²) in [5.74, 6) is -1.84. The third kappa shape index (κ3) is 7.75. The highest BCUT2D eigenvalue weighted by molar-refractivity contribution is 5.89. The lowest BCUT2D eigenvalue weighted by atomic mass is 9.88. The minimum atomic E-state index is -1.26. The van der Waals surface area contributed by atoms with Crippen molar-refractivity contribution in [2.45, 2.75) is 18.4 Å². The van der Waals surface area contributed by atoms with E-state index >= 15 is 0 Å². The van der Waals surface area contributed by atoms with Crippen LogP contribution in [0.4, 0.5) is 4.39 Å². The van der Waals surface area contributed by atoms with Gasteiger partial charge in [0, 0.05) is 37.2 Å². The molecule has 0 radical (unpaired) electrons. The largest absolute Gasteiger partial charge is 0.490 e. The van der Waals surface area contributed by atoms with Gasteiger partial charge < -0.3 is 19.8 Å². The van der Waals surface area contributed by atoms with Crippen LogP contribution >= 0.6 is 0 Å². The quantitative estimate of drug-likeness (QED) is 0.747. The number of carboxylic acids is 2. The summed E-state index contributed by atoms with van der Waals surface area (Å²) in [6.07, 6.45) is 2.16. The average molecular weight is 401 g/mol. The monoisotopic (exact) mass is 401 g/mol. The lowest BCUT2D eigenvalue weighted by molar-refractivity contribution is -0.134. The number of benzene rings is 2. The summed E-state index contributed by atoms with van der Waals surface area (Å²) in [6, 6.07) is 16.8. The Labute approximate surface area is 168 Å². The number of piperidine rings is 1. The van der Waals surface area contributed by atoms with Crippen LogP contribution in [-0.2, 0) is 9.59 Å². The zero-order chi connectivity index (χ0) is 21.2. The van der Waals surface area contributed by atoms with Crippen molar-refractivity contribution < 1.29 is 28.9 Å². The smallest absolute Gasteiger partial charge is 0.328 e. The Morgan fingerprint density at radius 3 is 2.31 bits per heavy atom. The summed E-state index contributed by atoms with van der Waals surface area (Å²) in [5.41, 5.74) is 1.28. The lowest BCUT2D eigenvalue weighted by Gasteiger charge is -2.37. The van der Waals surface area contributed by atoms with Crippen LogP contribution in [0.2, 0.25) is 0 Å². The van der Waals surface area contributed by atoms with Crippen LogP contribution < -0.4 is 4.74 Å². The molecule has 2 aromatic carbocycles. The second-order valence-electron chi connectivity index (χ2n) is 6.69. The summed E-state index contributed by atoms with van der Waals surface area (Å²) >= 11 is 0. The van der Waals surface area contributed by atoms with Gasteiger partial charge in [0.2, 0.25) is 0 Å². The summed E-state index contributed by atoms with van der Waals surface area (Å²) < 4.78 is 19.4. The van der Waals surface area contributed by atoms with E-state index in [1.54, 1.807) is 6.07 Å². The molecule has 154 valence electrons. The molecule has 3 rings (SSSR count). The molecule has 29 heavy (non-hydrogen) atoms. The molecule has 0 bridgehead atoms. The third-order valence-corrected chi connectivity index (χ3v) is 4.43. The Balaban J connectivity index is 0.000000321. The zero-order valence-corrected chi connectivity index (χ0v) is 16.1. The number of rotatable bonds is 5. The lowest BCUT2D eigenvalue weighted by Crippen LogP contribution is -2.42. The first-order valence-corrected chi connectivity index (χ1v) is 9.15. The van der Waals surface area contributed by atoms with Gasteiger partial charge in [-0.1, -0.05) is 36.4 Å². The predicted molar refractivity (Wildman–Crippen MR) is 107 cm³/mol. The normalized spacial score (nSPS) is 19.2. The summed E-state index contributed by atoms with van der Waals surface area (Å²) in [7, 11) is 2.13. The van der Waals surface area contributed by atoms with E-state index in [0.717, 1.165) is 19.5 Å². The van der Waals surface area contributed by atoms with Crippen LogP contribution in [0.5, 0.6) is 5.75 Å². The zero-order valence-electron chi connectivity index (χ0n) is 16.1. The molecule has 1 fully saturated rings. The number of likely N-dealkylation sites (N-methyl/N-ethyl adjacent to an activating group) is 1. The van der Waals surface area contributed by atoms with E-state index in [9.17, 15) is 14.0 Å². The molecule has 0 amide bonds. The Morgan fingerprint density at radius 2 is 1.72 bits per heavy atom. The molecule has 0 aromatic heterocycles. The van der Waals surface area contributed by atoms with E-state index in [1.165, 1.54) is 17.7 Å². The first-order valence-electron chi connectivity index (χ1n) is 9.15. The highest BCUT2D eigenvalue weighted by Crippen LogP contribution is 2.30. The Kier molecular flexibility index (Phi) is 8.36. The Morgan fingerprint density at radius 1 is 1.07 bits per heavy atom. The number of ether oxygens (including phenoxy) is 1. The van der Waals surface area contributed by atoms with Gasteiger partial charge in [0.05, 0.1) is 0 Å². The van der Waals surface area contributed by atoms with Crippen molar-refractivity contribution in [3.63, 3.8) is 0 Å². The number of carboxylic acid groups (broad SMARTS) is 2. The van der Waals surface area contributed by atoms with Crippen LogP contribution in [0, 0.1) is 5.82 Å². The highest BCUT2D eigenvalue weighted by Gasteiger charge is 2.30. The van der Waals surface area contributed by atoms with Gasteiger partial charge in [0.1, 0.15) is 17.7 Å². The fourth-order valence-electron chi connectivity index (χ4n) is 3.11. The van der Waals surface area contributed by atoms with Gasteiger partial charge in [0.25, 0.3) is 0 Å². The number of halogens is 1. The minimum Gasteiger partial charge on any atom is -0.490 e. The molecule has 1 heterocycles. The molecular weight excluding hydrogens is 377 g/mol. The van der Waals surface area contributed by atoms with Crippen molar-refractivity contribution in [1.82, 2.24) is 4.90 Å². The minimum absolute atomic E-state index is 0.0883. The molecule has 0 unspecified atom stereocenters. The number of nitrogens with zero attached hydrogens (tertiary/aromatic N) is 1. The molecule has 1 aliphatic rings. The van der Waals surface area contributed by atoms with Crippen LogP contribution in [-0.4, -0.2) is 53.3 Å². The number of hydrogen-bond donors (Lipinski definition) is 2. The number of carbonyl (C=O) groups is 2. The molecule has 2 atom stereocenters. The number of likely N-dealkylation sites (tertiary alicyclic amines) is 1. The van der Waals surface area contributed by atoms with Gasteiger partial charge in [-0.2, -0.15) is 0 Å². The second kappa shape index (κ2) is 11.0. The highest BCUT2D eigenvalue weighted by atomic mass is 19.1. The van der Waals surface area contributed by atoms with Gasteiger partial charge in [-0.25, -0.2) is 14.0 Å². The number of aliphatic carboxylic acids is 2. The van der Waals surface area contributed by atoms with Crippen molar-refractivity contribution in [3.05, 3.63) is 78.1 Å². The molecule has 0 aliphatic carbocycles. The maximum Gasteiger partial charge on any atom is 0.328 e. The fraction of sp³-hybridized carbons (Fsp3) is 0.273. The van der Waals surface area contributed by atoms with Gasteiger partial charge in [-0.15, -0.1) is 0 Å². The SMILES string of the molecule is CN1CC[C@@H](Oc2cccc(F)c2)[C@H](c2ccccc2)C1.O=C(O)C=CC(=O)O. The maximum absolute atomic E-state index is 13.3. The van der Waals surface area contributed by atoms with E-state index in [0.29, 0.717) is 23.8 Å². The number of hydrogen-bond acceptors (Lipinski definition) is 4. The Hall–Kier alpha value is -3.19. The maximum atomic E-state index is 13.3. The van der Waals surface area contributed by atoms with Crippen molar-refractivity contribution in [2.75, 3.05) is 20.1 Å². The van der Waals surface area contributed by atoms with Crippen LogP contribution in [0.25, 0.3) is 0 Å². The third-order valence-electron chi connectivity index (χ3n) is 4.43. The van der Waals surface area contributed by atoms with Gasteiger partial charge in [-0.05, 0) is 31.2 Å².